The van der Waals surface area contributed by atoms with Crippen LogP contribution in [-0.2, 0) is 19.3 Å². The van der Waals surface area contributed by atoms with Gasteiger partial charge in [-0.3, -0.25) is 4.68 Å². The highest BCUT2D eigenvalue weighted by Crippen LogP contribution is 2.30. The van der Waals surface area contributed by atoms with E-state index in [1.165, 1.54) is 6.07 Å². The Morgan fingerprint density at radius 1 is 1.25 bits per heavy atom. The first-order valence-corrected chi connectivity index (χ1v) is 6.42. The summed E-state index contributed by atoms with van der Waals surface area (Å²) in [5.74, 6) is 0. The van der Waals surface area contributed by atoms with Crippen LogP contribution >= 0.6 is 0 Å². The molecule has 0 fully saturated rings. The molecule has 0 aliphatic rings. The SMILES string of the molecule is CCCn1nccc1CNc1cccc(C(F)(F)F)c1. The van der Waals surface area contributed by atoms with Crippen molar-refractivity contribution in [1.82, 2.24) is 9.78 Å². The van der Waals surface area contributed by atoms with E-state index in [1.54, 1.807) is 12.3 Å². The summed E-state index contributed by atoms with van der Waals surface area (Å²) in [4.78, 5) is 0. The van der Waals surface area contributed by atoms with E-state index in [2.05, 4.69) is 10.4 Å². The fraction of sp³-hybridized carbons (Fsp3) is 0.357. The van der Waals surface area contributed by atoms with Gasteiger partial charge in [0.05, 0.1) is 17.8 Å². The molecule has 2 aromatic rings. The van der Waals surface area contributed by atoms with Crippen molar-refractivity contribution >= 4 is 5.69 Å². The quantitative estimate of drug-likeness (QED) is 0.901. The predicted molar refractivity (Wildman–Crippen MR) is 71.3 cm³/mol. The zero-order valence-corrected chi connectivity index (χ0v) is 11.1. The molecule has 2 rings (SSSR count). The van der Waals surface area contributed by atoms with Gasteiger partial charge in [0, 0.05) is 18.4 Å². The number of nitrogens with one attached hydrogen (secondary N) is 1. The van der Waals surface area contributed by atoms with Crippen LogP contribution in [0.15, 0.2) is 36.5 Å². The number of halogens is 3. The summed E-state index contributed by atoms with van der Waals surface area (Å²) in [6, 6.07) is 7.05. The number of aromatic nitrogens is 2. The molecule has 0 unspecified atom stereocenters. The second kappa shape index (κ2) is 5.98. The van der Waals surface area contributed by atoms with E-state index in [4.69, 9.17) is 0 Å². The Hall–Kier alpha value is -1.98. The average Bonchev–Trinajstić information content (AvgIpc) is 2.84. The fourth-order valence-electron chi connectivity index (χ4n) is 1.92. The van der Waals surface area contributed by atoms with E-state index in [-0.39, 0.29) is 0 Å². The average molecular weight is 283 g/mol. The normalized spacial score (nSPS) is 11.6. The molecule has 3 nitrogen and oxygen atoms in total. The van der Waals surface area contributed by atoms with Crippen LogP contribution in [0.1, 0.15) is 24.6 Å². The van der Waals surface area contributed by atoms with E-state index >= 15 is 0 Å². The lowest BCUT2D eigenvalue weighted by atomic mass is 10.2. The van der Waals surface area contributed by atoms with E-state index in [0.717, 1.165) is 30.8 Å². The molecule has 20 heavy (non-hydrogen) atoms. The lowest BCUT2D eigenvalue weighted by Crippen LogP contribution is -2.10. The zero-order valence-electron chi connectivity index (χ0n) is 11.1. The Bertz CT molecular complexity index is 561. The number of benzene rings is 1. The van der Waals surface area contributed by atoms with Gasteiger partial charge in [0.1, 0.15) is 0 Å². The largest absolute Gasteiger partial charge is 0.416 e. The Labute approximate surface area is 115 Å². The van der Waals surface area contributed by atoms with Crippen LogP contribution < -0.4 is 5.32 Å². The molecule has 0 saturated carbocycles. The number of aryl methyl sites for hydroxylation is 1. The summed E-state index contributed by atoms with van der Waals surface area (Å²) >= 11 is 0. The van der Waals surface area contributed by atoms with Crippen LogP contribution in [0.25, 0.3) is 0 Å². The molecule has 0 bridgehead atoms. The van der Waals surface area contributed by atoms with Gasteiger partial charge in [-0.1, -0.05) is 13.0 Å². The van der Waals surface area contributed by atoms with Gasteiger partial charge in [-0.2, -0.15) is 18.3 Å². The van der Waals surface area contributed by atoms with Crippen LogP contribution in [0.2, 0.25) is 0 Å². The Morgan fingerprint density at radius 2 is 2.05 bits per heavy atom. The second-order valence-corrected chi connectivity index (χ2v) is 4.48. The maximum Gasteiger partial charge on any atom is 0.416 e. The first-order chi connectivity index (χ1) is 9.50. The van der Waals surface area contributed by atoms with Crippen molar-refractivity contribution in [1.29, 1.82) is 0 Å². The lowest BCUT2D eigenvalue weighted by Gasteiger charge is -2.11. The topological polar surface area (TPSA) is 29.9 Å². The van der Waals surface area contributed by atoms with E-state index < -0.39 is 11.7 Å². The summed E-state index contributed by atoms with van der Waals surface area (Å²) < 4.78 is 39.7. The molecule has 0 aliphatic heterocycles. The maximum absolute atomic E-state index is 12.6. The molecule has 0 aliphatic carbocycles. The van der Waals surface area contributed by atoms with Crippen molar-refractivity contribution in [2.45, 2.75) is 32.6 Å². The standard InChI is InChI=1S/C14H16F3N3/c1-2-8-20-13(6-7-19-20)10-18-12-5-3-4-11(9-12)14(15,16)17/h3-7,9,18H,2,8,10H2,1H3. The smallest absolute Gasteiger partial charge is 0.379 e. The molecule has 0 spiro atoms. The molecular formula is C14H16F3N3. The van der Waals surface area contributed by atoms with Crippen molar-refractivity contribution in [3.8, 4) is 0 Å². The Morgan fingerprint density at radius 3 is 2.75 bits per heavy atom. The van der Waals surface area contributed by atoms with Gasteiger partial charge in [-0.25, -0.2) is 0 Å². The van der Waals surface area contributed by atoms with Crippen molar-refractivity contribution < 1.29 is 13.2 Å². The van der Waals surface area contributed by atoms with E-state index in [9.17, 15) is 13.2 Å². The minimum atomic E-state index is -4.32. The lowest BCUT2D eigenvalue weighted by molar-refractivity contribution is -0.137. The fourth-order valence-corrected chi connectivity index (χ4v) is 1.92. The summed E-state index contributed by atoms with van der Waals surface area (Å²) in [6.07, 6.45) is -1.67. The van der Waals surface area contributed by atoms with Gasteiger partial charge in [0.25, 0.3) is 0 Å². The number of anilines is 1. The summed E-state index contributed by atoms with van der Waals surface area (Å²) in [7, 11) is 0. The van der Waals surface area contributed by atoms with Gasteiger partial charge in [-0.05, 0) is 30.7 Å². The molecule has 1 aromatic heterocycles. The van der Waals surface area contributed by atoms with Crippen LogP contribution in [0.3, 0.4) is 0 Å². The first kappa shape index (κ1) is 14.4. The minimum absolute atomic E-state index is 0.446. The molecule has 1 aromatic carbocycles. The number of nitrogens with zero attached hydrogens (tertiary/aromatic N) is 2. The van der Waals surface area contributed by atoms with E-state index in [0.29, 0.717) is 12.2 Å². The van der Waals surface area contributed by atoms with Crippen molar-refractivity contribution in [3.63, 3.8) is 0 Å². The van der Waals surface area contributed by atoms with Crippen LogP contribution in [0.5, 0.6) is 0 Å². The minimum Gasteiger partial charge on any atom is -0.379 e. The molecule has 6 heteroatoms. The van der Waals surface area contributed by atoms with E-state index in [1.807, 2.05) is 17.7 Å². The highest BCUT2D eigenvalue weighted by Gasteiger charge is 2.30. The van der Waals surface area contributed by atoms with Crippen LogP contribution in [-0.4, -0.2) is 9.78 Å². The summed E-state index contributed by atoms with van der Waals surface area (Å²) in [5.41, 5.74) is 0.748. The summed E-state index contributed by atoms with van der Waals surface area (Å²) in [6.45, 7) is 3.29. The molecule has 0 amide bonds. The van der Waals surface area contributed by atoms with Crippen LogP contribution in [0, 0.1) is 0 Å². The third kappa shape index (κ3) is 3.53. The Kier molecular flexibility index (Phi) is 4.32. The zero-order chi connectivity index (χ0) is 14.6. The predicted octanol–water partition coefficient (Wildman–Crippen LogP) is 3.92. The molecule has 0 radical (unpaired) electrons. The highest BCUT2D eigenvalue weighted by atomic mass is 19.4. The van der Waals surface area contributed by atoms with Gasteiger partial charge in [0.15, 0.2) is 0 Å². The van der Waals surface area contributed by atoms with Crippen LogP contribution in [0.4, 0.5) is 18.9 Å². The van der Waals surface area contributed by atoms with Crippen molar-refractivity contribution in [2.24, 2.45) is 0 Å². The maximum atomic E-state index is 12.6. The Balaban J connectivity index is 2.05. The number of rotatable bonds is 5. The molecule has 108 valence electrons. The van der Waals surface area contributed by atoms with Crippen molar-refractivity contribution in [2.75, 3.05) is 5.32 Å². The second-order valence-electron chi connectivity index (χ2n) is 4.48. The molecule has 0 saturated heterocycles. The molecule has 1 heterocycles. The van der Waals surface area contributed by atoms with Gasteiger partial charge in [0.2, 0.25) is 0 Å². The third-order valence-electron chi connectivity index (χ3n) is 2.90. The number of hydrogen-bond donors (Lipinski definition) is 1. The molecular weight excluding hydrogens is 267 g/mol. The first-order valence-electron chi connectivity index (χ1n) is 6.42. The summed E-state index contributed by atoms with van der Waals surface area (Å²) in [5, 5.41) is 7.17. The highest BCUT2D eigenvalue weighted by molar-refractivity contribution is 5.46. The van der Waals surface area contributed by atoms with Gasteiger partial charge >= 0.3 is 6.18 Å². The van der Waals surface area contributed by atoms with Gasteiger partial charge < -0.3 is 5.32 Å². The third-order valence-corrected chi connectivity index (χ3v) is 2.90. The van der Waals surface area contributed by atoms with Gasteiger partial charge in [-0.15, -0.1) is 0 Å². The van der Waals surface area contributed by atoms with Crippen molar-refractivity contribution in [3.05, 3.63) is 47.8 Å². The monoisotopic (exact) mass is 283 g/mol. The molecule has 0 atom stereocenters. The molecule has 1 N–H and O–H groups in total. The number of hydrogen-bond acceptors (Lipinski definition) is 2. The number of alkyl halides is 3.